The molecular formula is C22H32N4O5. The molecule has 0 unspecified atom stereocenters. The number of carbonyl (C=O) groups excluding carboxylic acids is 2. The van der Waals surface area contributed by atoms with Gasteiger partial charge in [-0.3, -0.25) is 4.79 Å². The predicted molar refractivity (Wildman–Crippen MR) is 117 cm³/mol. The highest BCUT2D eigenvalue weighted by Crippen LogP contribution is 2.29. The zero-order valence-corrected chi connectivity index (χ0v) is 19.0. The topological polar surface area (TPSA) is 106 Å². The smallest absolute Gasteiger partial charge is 0.322 e. The van der Waals surface area contributed by atoms with Crippen molar-refractivity contribution in [1.82, 2.24) is 15.2 Å². The van der Waals surface area contributed by atoms with Crippen molar-refractivity contribution in [1.29, 1.82) is 0 Å². The summed E-state index contributed by atoms with van der Waals surface area (Å²) in [6.07, 6.45) is 1.31. The average Bonchev–Trinajstić information content (AvgIpc) is 3.20. The maximum atomic E-state index is 13.0. The van der Waals surface area contributed by atoms with Crippen LogP contribution in [0.4, 0.5) is 10.5 Å². The second-order valence-electron chi connectivity index (χ2n) is 8.00. The molecule has 0 saturated heterocycles. The first-order chi connectivity index (χ1) is 14.7. The second kappa shape index (κ2) is 11.2. The number of nitrogens with zero attached hydrogens (tertiary/aromatic N) is 2. The normalized spacial score (nSPS) is 10.8. The number of aromatic nitrogens is 1. The van der Waals surface area contributed by atoms with Crippen LogP contribution in [0.5, 0.6) is 11.5 Å². The fraction of sp³-hybridized carbons (Fsp3) is 0.500. The molecule has 2 N–H and O–H groups in total. The van der Waals surface area contributed by atoms with Gasteiger partial charge < -0.3 is 29.4 Å². The van der Waals surface area contributed by atoms with Crippen LogP contribution in [-0.2, 0) is 6.54 Å². The van der Waals surface area contributed by atoms with Gasteiger partial charge in [0, 0.05) is 19.2 Å². The number of rotatable bonds is 10. The van der Waals surface area contributed by atoms with Crippen molar-refractivity contribution in [2.24, 2.45) is 11.8 Å². The highest BCUT2D eigenvalue weighted by Gasteiger charge is 2.21. The Kier molecular flexibility index (Phi) is 8.72. The lowest BCUT2D eigenvalue weighted by Gasteiger charge is -2.24. The summed E-state index contributed by atoms with van der Waals surface area (Å²) in [5, 5.41) is 5.65. The van der Waals surface area contributed by atoms with E-state index in [1.807, 2.05) is 27.7 Å². The molecule has 2 aromatic rings. The molecule has 0 bridgehead atoms. The van der Waals surface area contributed by atoms with Crippen LogP contribution in [0.1, 0.15) is 44.1 Å². The molecule has 1 aromatic heterocycles. The third kappa shape index (κ3) is 7.20. The van der Waals surface area contributed by atoms with Crippen molar-refractivity contribution in [3.8, 4) is 11.5 Å². The largest absolute Gasteiger partial charge is 0.497 e. The lowest BCUT2D eigenvalue weighted by Crippen LogP contribution is -2.37. The molecule has 0 saturated carbocycles. The number of nitrogens with one attached hydrogen (secondary N) is 2. The van der Waals surface area contributed by atoms with Crippen molar-refractivity contribution in [2.75, 3.05) is 32.6 Å². The van der Waals surface area contributed by atoms with E-state index in [2.05, 4.69) is 15.6 Å². The number of benzene rings is 1. The molecule has 170 valence electrons. The lowest BCUT2D eigenvalue weighted by molar-refractivity contribution is 0.0944. The third-order valence-electron chi connectivity index (χ3n) is 4.30. The summed E-state index contributed by atoms with van der Waals surface area (Å²) in [7, 11) is 3.08. The van der Waals surface area contributed by atoms with Gasteiger partial charge in [-0.05, 0) is 24.0 Å². The zero-order chi connectivity index (χ0) is 23.0. The van der Waals surface area contributed by atoms with E-state index in [-0.39, 0.29) is 36.0 Å². The van der Waals surface area contributed by atoms with Crippen LogP contribution in [0.3, 0.4) is 0 Å². The molecule has 31 heavy (non-hydrogen) atoms. The Bertz CT molecular complexity index is 879. The van der Waals surface area contributed by atoms with E-state index in [0.29, 0.717) is 36.2 Å². The van der Waals surface area contributed by atoms with E-state index in [1.165, 1.54) is 13.4 Å². The van der Waals surface area contributed by atoms with Gasteiger partial charge in [-0.25, -0.2) is 9.78 Å². The molecule has 9 heteroatoms. The lowest BCUT2D eigenvalue weighted by atomic mass is 10.2. The minimum Gasteiger partial charge on any atom is -0.497 e. The van der Waals surface area contributed by atoms with Crippen molar-refractivity contribution in [2.45, 2.75) is 34.2 Å². The minimum absolute atomic E-state index is 0.125. The highest BCUT2D eigenvalue weighted by molar-refractivity contribution is 5.92. The van der Waals surface area contributed by atoms with Gasteiger partial charge in [0.25, 0.3) is 5.91 Å². The van der Waals surface area contributed by atoms with E-state index < -0.39 is 0 Å². The van der Waals surface area contributed by atoms with E-state index in [9.17, 15) is 9.59 Å². The number of anilines is 1. The first-order valence-electron chi connectivity index (χ1n) is 10.2. The molecule has 2 rings (SSSR count). The van der Waals surface area contributed by atoms with Gasteiger partial charge in [-0.15, -0.1) is 0 Å². The van der Waals surface area contributed by atoms with Crippen molar-refractivity contribution < 1.29 is 23.5 Å². The summed E-state index contributed by atoms with van der Waals surface area (Å²) >= 11 is 0. The summed E-state index contributed by atoms with van der Waals surface area (Å²) in [5.41, 5.74) is 0.709. The highest BCUT2D eigenvalue weighted by atomic mass is 16.5. The van der Waals surface area contributed by atoms with Crippen LogP contribution in [0.15, 0.2) is 28.9 Å². The van der Waals surface area contributed by atoms with E-state index >= 15 is 0 Å². The number of methoxy groups -OCH3 is 2. The first-order valence-corrected chi connectivity index (χ1v) is 10.2. The SMILES string of the molecule is COc1ccc(NC(=O)N(Cc2nc(C(=O)NCC(C)C)co2)CC(C)C)c(OC)c1. The molecule has 9 nitrogen and oxygen atoms in total. The van der Waals surface area contributed by atoms with Crippen LogP contribution in [0, 0.1) is 11.8 Å². The molecule has 0 aliphatic heterocycles. The molecule has 0 spiro atoms. The Hall–Kier alpha value is -3.23. The number of ether oxygens (including phenoxy) is 2. The van der Waals surface area contributed by atoms with E-state index in [1.54, 1.807) is 30.2 Å². The summed E-state index contributed by atoms with van der Waals surface area (Å²) < 4.78 is 16.0. The minimum atomic E-state index is -0.332. The number of oxazole rings is 1. The monoisotopic (exact) mass is 432 g/mol. The summed E-state index contributed by atoms with van der Waals surface area (Å²) in [6.45, 7) is 9.18. The van der Waals surface area contributed by atoms with Crippen LogP contribution >= 0.6 is 0 Å². The van der Waals surface area contributed by atoms with Gasteiger partial charge in [0.2, 0.25) is 5.89 Å². The number of amides is 3. The van der Waals surface area contributed by atoms with Gasteiger partial charge in [-0.1, -0.05) is 27.7 Å². The predicted octanol–water partition coefficient (Wildman–Crippen LogP) is 3.77. The maximum Gasteiger partial charge on any atom is 0.322 e. The average molecular weight is 433 g/mol. The molecule has 0 fully saturated rings. The fourth-order valence-electron chi connectivity index (χ4n) is 2.79. The Balaban J connectivity index is 2.12. The van der Waals surface area contributed by atoms with Crippen molar-refractivity contribution in [3.63, 3.8) is 0 Å². The standard InChI is InChI=1S/C22H32N4O5/c1-14(2)10-23-21(27)18-13-31-20(24-18)12-26(11-15(3)4)22(28)25-17-8-7-16(29-5)9-19(17)30-6/h7-9,13-15H,10-12H2,1-6H3,(H,23,27)(H,25,28). The van der Waals surface area contributed by atoms with Gasteiger partial charge in [0.05, 0.1) is 26.5 Å². The molecule has 1 aromatic carbocycles. The fourth-order valence-corrected chi connectivity index (χ4v) is 2.79. The summed E-state index contributed by atoms with van der Waals surface area (Å²) in [5.74, 6) is 1.64. The number of hydrogen-bond acceptors (Lipinski definition) is 6. The molecule has 0 atom stereocenters. The van der Waals surface area contributed by atoms with Crippen LogP contribution < -0.4 is 20.1 Å². The number of hydrogen-bond donors (Lipinski definition) is 2. The Morgan fingerprint density at radius 1 is 1.13 bits per heavy atom. The molecule has 0 aliphatic rings. The van der Waals surface area contributed by atoms with Crippen LogP contribution in [-0.4, -0.2) is 49.1 Å². The molecule has 0 radical (unpaired) electrons. The van der Waals surface area contributed by atoms with Gasteiger partial charge in [0.15, 0.2) is 5.69 Å². The van der Waals surface area contributed by atoms with Crippen molar-refractivity contribution in [3.05, 3.63) is 36.0 Å². The summed E-state index contributed by atoms with van der Waals surface area (Å²) in [6, 6.07) is 4.81. The number of urea groups is 1. The molecule has 1 heterocycles. The molecule has 3 amide bonds. The van der Waals surface area contributed by atoms with Crippen LogP contribution in [0.2, 0.25) is 0 Å². The molecular weight excluding hydrogens is 400 g/mol. The van der Waals surface area contributed by atoms with Gasteiger partial charge in [0.1, 0.15) is 17.8 Å². The second-order valence-corrected chi connectivity index (χ2v) is 8.00. The van der Waals surface area contributed by atoms with Gasteiger partial charge >= 0.3 is 6.03 Å². The Labute approximate surface area is 183 Å². The van der Waals surface area contributed by atoms with Crippen LogP contribution in [0.25, 0.3) is 0 Å². The first kappa shape index (κ1) is 24.0. The van der Waals surface area contributed by atoms with E-state index in [4.69, 9.17) is 13.9 Å². The molecule has 0 aliphatic carbocycles. The van der Waals surface area contributed by atoms with E-state index in [0.717, 1.165) is 0 Å². The quantitative estimate of drug-likeness (QED) is 0.592. The number of carbonyl (C=O) groups is 2. The zero-order valence-electron chi connectivity index (χ0n) is 19.0. The van der Waals surface area contributed by atoms with Crippen molar-refractivity contribution >= 4 is 17.6 Å². The Morgan fingerprint density at radius 3 is 2.48 bits per heavy atom. The third-order valence-corrected chi connectivity index (χ3v) is 4.30. The maximum absolute atomic E-state index is 13.0. The summed E-state index contributed by atoms with van der Waals surface area (Å²) in [4.78, 5) is 31.0. The Morgan fingerprint density at radius 2 is 1.87 bits per heavy atom. The van der Waals surface area contributed by atoms with Gasteiger partial charge in [-0.2, -0.15) is 0 Å².